The number of thiocarbonyl (C=S) groups is 1. The zero-order valence-electron chi connectivity index (χ0n) is 14.7. The predicted molar refractivity (Wildman–Crippen MR) is 112 cm³/mol. The fourth-order valence-corrected chi connectivity index (χ4v) is 3.95. The van der Waals surface area contributed by atoms with E-state index in [4.69, 9.17) is 23.8 Å². The topological polar surface area (TPSA) is 81.2 Å². The Hall–Kier alpha value is -2.90. The quantitative estimate of drug-likeness (QED) is 0.567. The van der Waals surface area contributed by atoms with Crippen LogP contribution < -0.4 is 5.32 Å². The van der Waals surface area contributed by atoms with Crippen molar-refractivity contribution in [3.05, 3.63) is 82.9 Å². The lowest BCUT2D eigenvalue weighted by Gasteiger charge is -2.41. The molecule has 1 aromatic heterocycles. The maximum Gasteiger partial charge on any atom is 0.326 e. The molecule has 0 fully saturated rings. The average Bonchev–Trinajstić information content (AvgIpc) is 3.17. The normalized spacial score (nSPS) is 18.4. The molecule has 0 saturated carbocycles. The highest BCUT2D eigenvalue weighted by atomic mass is 35.5. The summed E-state index contributed by atoms with van der Waals surface area (Å²) < 4.78 is 0. The molecule has 0 saturated heterocycles. The van der Waals surface area contributed by atoms with Gasteiger partial charge in [-0.3, -0.25) is 0 Å². The molecule has 0 spiro atoms. The fourth-order valence-electron chi connectivity index (χ4n) is 3.47. The van der Waals surface area contributed by atoms with Gasteiger partial charge in [0.1, 0.15) is 12.1 Å². The SMILES string of the molecule is O=C(O)[C@H]1Cc2[nH]cnc2[C@H](c2ccccc2)N1C(=S)Nc1ccc(Cl)cc1. The Morgan fingerprint density at radius 3 is 2.61 bits per heavy atom. The summed E-state index contributed by atoms with van der Waals surface area (Å²) in [6.45, 7) is 0. The summed E-state index contributed by atoms with van der Waals surface area (Å²) in [6.07, 6.45) is 1.88. The van der Waals surface area contributed by atoms with Gasteiger partial charge in [0.25, 0.3) is 0 Å². The second-order valence-corrected chi connectivity index (χ2v) is 7.31. The summed E-state index contributed by atoms with van der Waals surface area (Å²) in [5.74, 6) is -0.943. The summed E-state index contributed by atoms with van der Waals surface area (Å²) in [4.78, 5) is 21.3. The number of hydrogen-bond donors (Lipinski definition) is 3. The van der Waals surface area contributed by atoms with Crippen LogP contribution in [0.2, 0.25) is 5.02 Å². The number of hydrogen-bond acceptors (Lipinski definition) is 3. The number of fused-ring (bicyclic) bond motifs is 1. The zero-order chi connectivity index (χ0) is 19.7. The lowest BCUT2D eigenvalue weighted by molar-refractivity contribution is -0.142. The third kappa shape index (κ3) is 3.46. The van der Waals surface area contributed by atoms with Crippen molar-refractivity contribution in [3.8, 4) is 0 Å². The number of carboxylic acids is 1. The Bertz CT molecular complexity index is 1010. The van der Waals surface area contributed by atoms with Crippen molar-refractivity contribution < 1.29 is 9.90 Å². The van der Waals surface area contributed by atoms with E-state index < -0.39 is 18.1 Å². The second-order valence-electron chi connectivity index (χ2n) is 6.48. The fraction of sp³-hybridized carbons (Fsp3) is 0.150. The van der Waals surface area contributed by atoms with Crippen molar-refractivity contribution in [2.75, 3.05) is 5.32 Å². The number of rotatable bonds is 3. The second kappa shape index (κ2) is 7.61. The van der Waals surface area contributed by atoms with Crippen LogP contribution in [0.3, 0.4) is 0 Å². The Labute approximate surface area is 172 Å². The van der Waals surface area contributed by atoms with Crippen molar-refractivity contribution in [2.45, 2.75) is 18.5 Å². The van der Waals surface area contributed by atoms with Crippen LogP contribution in [0.25, 0.3) is 0 Å². The Morgan fingerprint density at radius 2 is 1.93 bits per heavy atom. The van der Waals surface area contributed by atoms with Gasteiger partial charge in [-0.15, -0.1) is 0 Å². The molecular formula is C20H17ClN4O2S. The molecule has 4 rings (SSSR count). The van der Waals surface area contributed by atoms with Gasteiger partial charge < -0.3 is 20.3 Å². The predicted octanol–water partition coefficient (Wildman–Crippen LogP) is 3.86. The van der Waals surface area contributed by atoms with E-state index >= 15 is 0 Å². The number of imidazole rings is 1. The minimum atomic E-state index is -0.943. The summed E-state index contributed by atoms with van der Waals surface area (Å²) >= 11 is 11.6. The molecular weight excluding hydrogens is 396 g/mol. The zero-order valence-corrected chi connectivity index (χ0v) is 16.2. The molecule has 0 aliphatic carbocycles. The molecule has 3 N–H and O–H groups in total. The van der Waals surface area contributed by atoms with E-state index in [0.29, 0.717) is 10.1 Å². The van der Waals surface area contributed by atoms with E-state index in [2.05, 4.69) is 15.3 Å². The van der Waals surface area contributed by atoms with Gasteiger partial charge in [-0.05, 0) is 42.0 Å². The van der Waals surface area contributed by atoms with E-state index in [-0.39, 0.29) is 6.42 Å². The molecule has 2 heterocycles. The maximum atomic E-state index is 12.1. The van der Waals surface area contributed by atoms with E-state index in [1.807, 2.05) is 30.3 Å². The highest BCUT2D eigenvalue weighted by molar-refractivity contribution is 7.80. The largest absolute Gasteiger partial charge is 0.480 e. The first-order valence-corrected chi connectivity index (χ1v) is 9.48. The Kier molecular flexibility index (Phi) is 5.02. The van der Waals surface area contributed by atoms with Crippen molar-refractivity contribution in [3.63, 3.8) is 0 Å². The molecule has 142 valence electrons. The molecule has 1 aliphatic rings. The van der Waals surface area contributed by atoms with Crippen LogP contribution in [0.1, 0.15) is 23.0 Å². The van der Waals surface area contributed by atoms with Gasteiger partial charge in [-0.2, -0.15) is 0 Å². The van der Waals surface area contributed by atoms with Crippen molar-refractivity contribution in [1.29, 1.82) is 0 Å². The minimum Gasteiger partial charge on any atom is -0.480 e. The number of H-pyrrole nitrogens is 1. The van der Waals surface area contributed by atoms with Crippen molar-refractivity contribution >= 4 is 40.6 Å². The lowest BCUT2D eigenvalue weighted by atomic mass is 9.91. The molecule has 3 aromatic rings. The third-order valence-corrected chi connectivity index (χ3v) is 5.32. The molecule has 0 amide bonds. The van der Waals surface area contributed by atoms with E-state index in [1.54, 1.807) is 35.5 Å². The summed E-state index contributed by atoms with van der Waals surface area (Å²) in [5, 5.41) is 14.0. The molecule has 2 atom stereocenters. The molecule has 6 nitrogen and oxygen atoms in total. The third-order valence-electron chi connectivity index (χ3n) is 4.75. The number of aromatic nitrogens is 2. The first-order chi connectivity index (χ1) is 13.5. The number of halogens is 1. The van der Waals surface area contributed by atoms with E-state index in [9.17, 15) is 9.90 Å². The minimum absolute atomic E-state index is 0.288. The Balaban J connectivity index is 1.76. The van der Waals surface area contributed by atoms with Crippen LogP contribution >= 0.6 is 23.8 Å². The van der Waals surface area contributed by atoms with Gasteiger partial charge in [0.15, 0.2) is 5.11 Å². The number of benzene rings is 2. The molecule has 28 heavy (non-hydrogen) atoms. The molecule has 0 unspecified atom stereocenters. The number of carboxylic acid groups (broad SMARTS) is 1. The van der Waals surface area contributed by atoms with Crippen molar-refractivity contribution in [1.82, 2.24) is 14.9 Å². The lowest BCUT2D eigenvalue weighted by Crippen LogP contribution is -2.53. The first-order valence-electron chi connectivity index (χ1n) is 8.69. The van der Waals surface area contributed by atoms with Crippen LogP contribution in [0, 0.1) is 0 Å². The molecule has 0 radical (unpaired) electrons. The van der Waals surface area contributed by atoms with Crippen LogP contribution in [0.5, 0.6) is 0 Å². The highest BCUT2D eigenvalue weighted by Gasteiger charge is 2.42. The van der Waals surface area contributed by atoms with Crippen LogP contribution in [0.15, 0.2) is 60.9 Å². The van der Waals surface area contributed by atoms with Gasteiger partial charge in [0, 0.05) is 22.8 Å². The Morgan fingerprint density at radius 1 is 1.21 bits per heavy atom. The van der Waals surface area contributed by atoms with Crippen LogP contribution in [-0.4, -0.2) is 37.1 Å². The van der Waals surface area contributed by atoms with E-state index in [0.717, 1.165) is 22.6 Å². The first kappa shape index (κ1) is 18.5. The number of anilines is 1. The van der Waals surface area contributed by atoms with Gasteiger partial charge in [-0.25, -0.2) is 9.78 Å². The number of nitrogens with one attached hydrogen (secondary N) is 2. The van der Waals surface area contributed by atoms with Crippen LogP contribution in [0.4, 0.5) is 5.69 Å². The highest BCUT2D eigenvalue weighted by Crippen LogP contribution is 2.37. The van der Waals surface area contributed by atoms with Crippen molar-refractivity contribution in [2.24, 2.45) is 0 Å². The summed E-state index contributed by atoms with van der Waals surface area (Å²) in [5.41, 5.74) is 3.25. The number of carbonyl (C=O) groups is 1. The number of aliphatic carboxylic acids is 1. The van der Waals surface area contributed by atoms with Gasteiger partial charge in [0.2, 0.25) is 0 Å². The summed E-state index contributed by atoms with van der Waals surface area (Å²) in [6, 6.07) is 15.5. The van der Waals surface area contributed by atoms with Crippen LogP contribution in [-0.2, 0) is 11.2 Å². The average molecular weight is 413 g/mol. The molecule has 2 aromatic carbocycles. The molecule has 1 aliphatic heterocycles. The number of aromatic amines is 1. The van der Waals surface area contributed by atoms with Gasteiger partial charge >= 0.3 is 5.97 Å². The van der Waals surface area contributed by atoms with Gasteiger partial charge in [0.05, 0.1) is 12.0 Å². The smallest absolute Gasteiger partial charge is 0.326 e. The van der Waals surface area contributed by atoms with Gasteiger partial charge in [-0.1, -0.05) is 41.9 Å². The number of nitrogens with zero attached hydrogens (tertiary/aromatic N) is 2. The van der Waals surface area contributed by atoms with E-state index in [1.165, 1.54) is 0 Å². The summed E-state index contributed by atoms with van der Waals surface area (Å²) in [7, 11) is 0. The standard InChI is InChI=1S/C20H17ClN4O2S/c21-13-6-8-14(9-7-13)24-20(28)25-16(19(26)27)10-15-17(23-11-22-15)18(25)12-4-2-1-3-5-12/h1-9,11,16,18H,10H2,(H,22,23)(H,24,28)(H,26,27)/t16-,18+/m1/s1. The monoisotopic (exact) mass is 412 g/mol. The maximum absolute atomic E-state index is 12.1. The molecule has 8 heteroatoms. The molecule has 0 bridgehead atoms.